The van der Waals surface area contributed by atoms with Gasteiger partial charge in [0.05, 0.1) is 22.5 Å². The Bertz CT molecular complexity index is 743. The van der Waals surface area contributed by atoms with Gasteiger partial charge in [0.25, 0.3) is 11.6 Å². The van der Waals surface area contributed by atoms with Gasteiger partial charge < -0.3 is 0 Å². The van der Waals surface area contributed by atoms with Crippen LogP contribution in [0.2, 0.25) is 0 Å². The van der Waals surface area contributed by atoms with Crippen LogP contribution in [0.5, 0.6) is 0 Å². The molecule has 0 aromatic heterocycles. The van der Waals surface area contributed by atoms with Gasteiger partial charge in [-0.05, 0) is 5.87 Å². The van der Waals surface area contributed by atoms with E-state index in [1.807, 2.05) is 11.2 Å². The number of imide groups is 1. The number of nitrogens with one attached hydrogen (secondary N) is 2. The van der Waals surface area contributed by atoms with Gasteiger partial charge in [0.2, 0.25) is 5.91 Å². The summed E-state index contributed by atoms with van der Waals surface area (Å²) >= 11 is 0. The highest BCUT2D eigenvalue weighted by Crippen LogP contribution is 2.38. The second kappa shape index (κ2) is 5.36. The number of nitro benzene ring substituents is 1. The van der Waals surface area contributed by atoms with Crippen molar-refractivity contribution >= 4 is 23.4 Å². The molecule has 1 saturated heterocycles. The number of carbonyl (C=O) groups is 2. The molecule has 8 nitrogen and oxygen atoms in total. The maximum absolute atomic E-state index is 11.7. The van der Waals surface area contributed by atoms with Gasteiger partial charge in [-0.1, -0.05) is 18.2 Å². The third kappa shape index (κ3) is 2.29. The van der Waals surface area contributed by atoms with Crippen LogP contribution in [0.15, 0.2) is 29.8 Å². The molecule has 1 fully saturated rings. The summed E-state index contributed by atoms with van der Waals surface area (Å²) in [5.74, 6) is -2.35. The summed E-state index contributed by atoms with van der Waals surface area (Å²) in [6.45, 7) is 0. The van der Waals surface area contributed by atoms with E-state index in [2.05, 4.69) is 0 Å². The van der Waals surface area contributed by atoms with Crippen molar-refractivity contribution in [3.8, 4) is 6.07 Å². The number of piperidine rings is 1. The van der Waals surface area contributed by atoms with Crippen LogP contribution in [0, 0.1) is 32.8 Å². The molecule has 2 N–H and O–H groups in total. The molecule has 1 aromatic carbocycles. The van der Waals surface area contributed by atoms with Gasteiger partial charge in [-0.2, -0.15) is 5.26 Å². The first-order chi connectivity index (χ1) is 10.0. The third-order valence-electron chi connectivity index (χ3n) is 3.15. The quantitative estimate of drug-likeness (QED) is 0.270. The van der Waals surface area contributed by atoms with Crippen LogP contribution in [-0.4, -0.2) is 22.6 Å². The van der Waals surface area contributed by atoms with E-state index in [1.165, 1.54) is 24.3 Å². The lowest BCUT2D eigenvalue weighted by atomic mass is 9.77. The van der Waals surface area contributed by atoms with Gasteiger partial charge in [0, 0.05) is 11.6 Å². The first kappa shape index (κ1) is 14.1. The summed E-state index contributed by atoms with van der Waals surface area (Å²) in [5.41, 5.74) is -0.569. The lowest BCUT2D eigenvalue weighted by molar-refractivity contribution is -0.385. The molecule has 0 spiro atoms. The summed E-state index contributed by atoms with van der Waals surface area (Å²) in [7, 11) is 0. The van der Waals surface area contributed by atoms with Gasteiger partial charge in [0.1, 0.15) is 5.92 Å². The highest BCUT2D eigenvalue weighted by Gasteiger charge is 2.43. The molecule has 1 aromatic rings. The monoisotopic (exact) mass is 284 g/mol. The minimum absolute atomic E-state index is 0.0343. The van der Waals surface area contributed by atoms with E-state index in [0.717, 1.165) is 0 Å². The van der Waals surface area contributed by atoms with Crippen LogP contribution in [0.3, 0.4) is 0 Å². The molecule has 2 rings (SSSR count). The fourth-order valence-electron chi connectivity index (χ4n) is 2.24. The standard InChI is InChI=1S/C13H8N4O4/c14-5-8-11(9(6-15)13(19)16-12(8)18)7-3-1-2-4-10(7)17(20)21/h1-4,8,11,15H,(H,16,18,19). The van der Waals surface area contributed by atoms with Crippen LogP contribution < -0.4 is 5.32 Å². The van der Waals surface area contributed by atoms with Gasteiger partial charge in [-0.15, -0.1) is 0 Å². The Morgan fingerprint density at radius 1 is 1.33 bits per heavy atom. The third-order valence-corrected chi connectivity index (χ3v) is 3.15. The fraction of sp³-hybridized carbons (Fsp3) is 0.154. The number of nitrogens with zero attached hydrogens (tertiary/aromatic N) is 2. The first-order valence-corrected chi connectivity index (χ1v) is 5.79. The van der Waals surface area contributed by atoms with E-state index in [9.17, 15) is 19.7 Å². The SMILES string of the molecule is N#CC1C(=O)NC(=O)C(=C=N)C1c1ccccc1[N+](=O)[O-]. The minimum atomic E-state index is -1.34. The molecule has 1 aliphatic rings. The fourth-order valence-corrected chi connectivity index (χ4v) is 2.24. The van der Waals surface area contributed by atoms with Crippen molar-refractivity contribution in [2.75, 3.05) is 0 Å². The number of hydrogen-bond donors (Lipinski definition) is 2. The van der Waals surface area contributed by atoms with E-state index in [0.29, 0.717) is 0 Å². The summed E-state index contributed by atoms with van der Waals surface area (Å²) in [4.78, 5) is 33.9. The number of rotatable bonds is 2. The van der Waals surface area contributed by atoms with Gasteiger partial charge >= 0.3 is 0 Å². The van der Waals surface area contributed by atoms with Gasteiger partial charge in [-0.3, -0.25) is 30.4 Å². The Labute approximate surface area is 118 Å². The van der Waals surface area contributed by atoms with Crippen molar-refractivity contribution in [2.24, 2.45) is 5.92 Å². The van der Waals surface area contributed by atoms with E-state index in [1.54, 1.807) is 6.07 Å². The topological polar surface area (TPSA) is 137 Å². The van der Waals surface area contributed by atoms with E-state index < -0.39 is 28.6 Å². The number of amides is 2. The van der Waals surface area contributed by atoms with Gasteiger partial charge in [0.15, 0.2) is 0 Å². The molecule has 0 bridgehead atoms. The van der Waals surface area contributed by atoms with Crippen molar-refractivity contribution in [1.29, 1.82) is 10.7 Å². The molecular formula is C13H8N4O4. The average molecular weight is 284 g/mol. The zero-order valence-corrected chi connectivity index (χ0v) is 10.5. The highest BCUT2D eigenvalue weighted by molar-refractivity contribution is 6.14. The molecule has 0 aliphatic carbocycles. The zero-order valence-electron chi connectivity index (χ0n) is 10.5. The largest absolute Gasteiger partial charge is 0.291 e. The second-order valence-electron chi connectivity index (χ2n) is 4.26. The van der Waals surface area contributed by atoms with E-state index in [-0.39, 0.29) is 16.8 Å². The molecule has 1 aliphatic heterocycles. The first-order valence-electron chi connectivity index (χ1n) is 5.79. The molecule has 2 unspecified atom stereocenters. The minimum Gasteiger partial charge on any atom is -0.291 e. The number of para-hydroxylation sites is 1. The summed E-state index contributed by atoms with van der Waals surface area (Å²) < 4.78 is 0. The lowest BCUT2D eigenvalue weighted by Crippen LogP contribution is -2.46. The summed E-state index contributed by atoms with van der Waals surface area (Å²) in [5, 5.41) is 29.3. The van der Waals surface area contributed by atoms with Crippen molar-refractivity contribution in [3.63, 3.8) is 0 Å². The van der Waals surface area contributed by atoms with E-state index >= 15 is 0 Å². The predicted molar refractivity (Wildman–Crippen MR) is 69.3 cm³/mol. The summed E-state index contributed by atoms with van der Waals surface area (Å²) in [6, 6.07) is 7.22. The highest BCUT2D eigenvalue weighted by atomic mass is 16.6. The Kier molecular flexibility index (Phi) is 3.61. The molecule has 2 atom stereocenters. The molecular weight excluding hydrogens is 276 g/mol. The lowest BCUT2D eigenvalue weighted by Gasteiger charge is -2.26. The number of benzene rings is 1. The maximum Gasteiger partial charge on any atom is 0.273 e. The molecule has 2 amide bonds. The normalized spacial score (nSPS) is 21.2. The molecule has 104 valence electrons. The van der Waals surface area contributed by atoms with Crippen molar-refractivity contribution in [2.45, 2.75) is 5.92 Å². The second-order valence-corrected chi connectivity index (χ2v) is 4.26. The Hall–Kier alpha value is -3.30. The van der Waals surface area contributed by atoms with E-state index in [4.69, 9.17) is 10.7 Å². The Balaban J connectivity index is 2.70. The van der Waals surface area contributed by atoms with Crippen LogP contribution >= 0.6 is 0 Å². The Morgan fingerprint density at radius 3 is 2.57 bits per heavy atom. The average Bonchev–Trinajstić information content (AvgIpc) is 2.46. The number of nitro groups is 1. The summed E-state index contributed by atoms with van der Waals surface area (Å²) in [6.07, 6.45) is 0. The zero-order chi connectivity index (χ0) is 15.6. The molecule has 0 saturated carbocycles. The van der Waals surface area contributed by atoms with Crippen LogP contribution in [0.1, 0.15) is 11.5 Å². The molecule has 0 radical (unpaired) electrons. The number of carbonyl (C=O) groups excluding carboxylic acids is 2. The van der Waals surface area contributed by atoms with Crippen LogP contribution in [-0.2, 0) is 9.59 Å². The Morgan fingerprint density at radius 2 is 2.00 bits per heavy atom. The molecule has 8 heteroatoms. The van der Waals surface area contributed by atoms with Crippen molar-refractivity contribution < 1.29 is 14.5 Å². The predicted octanol–water partition coefficient (Wildman–Crippen LogP) is 0.649. The number of nitriles is 1. The number of hydrogen-bond acceptors (Lipinski definition) is 6. The van der Waals surface area contributed by atoms with Gasteiger partial charge in [-0.25, -0.2) is 0 Å². The van der Waals surface area contributed by atoms with Crippen molar-refractivity contribution in [1.82, 2.24) is 5.32 Å². The smallest absolute Gasteiger partial charge is 0.273 e. The van der Waals surface area contributed by atoms with Crippen LogP contribution in [0.25, 0.3) is 0 Å². The molecule has 1 heterocycles. The molecule has 21 heavy (non-hydrogen) atoms. The van der Waals surface area contributed by atoms with Crippen molar-refractivity contribution in [3.05, 3.63) is 45.5 Å². The maximum atomic E-state index is 11.7. The van der Waals surface area contributed by atoms with Crippen LogP contribution in [0.4, 0.5) is 5.69 Å².